The molecule has 34 heavy (non-hydrogen) atoms. The third kappa shape index (κ3) is 4.47. The Kier molecular flexibility index (Phi) is 6.18. The summed E-state index contributed by atoms with van der Waals surface area (Å²) in [5.41, 5.74) is 3.70. The summed E-state index contributed by atoms with van der Waals surface area (Å²) in [6.45, 7) is 1.49. The highest BCUT2D eigenvalue weighted by Crippen LogP contribution is 2.27. The van der Waals surface area contributed by atoms with Gasteiger partial charge in [0, 0.05) is 24.3 Å². The van der Waals surface area contributed by atoms with Gasteiger partial charge in [-0.25, -0.2) is 13.4 Å². The number of hydrogen-bond acceptors (Lipinski definition) is 9. The molecule has 1 aliphatic heterocycles. The lowest BCUT2D eigenvalue weighted by Crippen LogP contribution is -2.21. The molecule has 2 aromatic heterocycles. The summed E-state index contributed by atoms with van der Waals surface area (Å²) in [6.07, 6.45) is 3.68. The molecule has 1 unspecified atom stereocenters. The lowest BCUT2D eigenvalue weighted by molar-refractivity contribution is 0.198. The van der Waals surface area contributed by atoms with Crippen LogP contribution in [0.2, 0.25) is 0 Å². The summed E-state index contributed by atoms with van der Waals surface area (Å²) in [5.74, 6) is 0.646. The van der Waals surface area contributed by atoms with E-state index in [9.17, 15) is 8.42 Å². The third-order valence-corrected chi connectivity index (χ3v) is 7.84. The van der Waals surface area contributed by atoms with Crippen molar-refractivity contribution in [3.8, 4) is 34.3 Å². The molecule has 0 amide bonds. The standard InChI is InChI=1S/C24H23N5O4S/c1-25-12-16-2-4-18(5-3-16)23-28-29-24(33-23)22-14-26-13-21(27-22)17-6-8-19(9-7-17)34(30,31)20-10-11-32-15-20/h2-9,13-14,20,25H,10-12,15H2,1H3. The second-order valence-electron chi connectivity index (χ2n) is 7.98. The van der Waals surface area contributed by atoms with E-state index in [-0.39, 0.29) is 17.4 Å². The molecule has 10 heteroatoms. The second kappa shape index (κ2) is 9.41. The molecule has 1 saturated heterocycles. The van der Waals surface area contributed by atoms with Crippen LogP contribution in [0.5, 0.6) is 0 Å². The number of ether oxygens (including phenoxy) is 1. The predicted octanol–water partition coefficient (Wildman–Crippen LogP) is 3.14. The zero-order valence-electron chi connectivity index (χ0n) is 18.5. The molecule has 1 N–H and O–H groups in total. The number of rotatable bonds is 7. The Morgan fingerprint density at radius 3 is 2.35 bits per heavy atom. The maximum absolute atomic E-state index is 12.8. The van der Waals surface area contributed by atoms with Crippen molar-refractivity contribution in [3.63, 3.8) is 0 Å². The molecule has 0 bridgehead atoms. The maximum atomic E-state index is 12.8. The van der Waals surface area contributed by atoms with Gasteiger partial charge in [-0.1, -0.05) is 24.3 Å². The van der Waals surface area contributed by atoms with Crippen LogP contribution < -0.4 is 5.32 Å². The van der Waals surface area contributed by atoms with E-state index < -0.39 is 15.1 Å². The first kappa shape index (κ1) is 22.3. The van der Waals surface area contributed by atoms with Gasteiger partial charge in [0.2, 0.25) is 5.89 Å². The SMILES string of the molecule is CNCc1ccc(-c2nnc(-c3cncc(-c4ccc(S(=O)(=O)C5CCOC5)cc4)n3)o2)cc1. The average Bonchev–Trinajstić information content (AvgIpc) is 3.58. The molecule has 0 saturated carbocycles. The fourth-order valence-electron chi connectivity index (χ4n) is 3.79. The van der Waals surface area contributed by atoms with E-state index in [4.69, 9.17) is 9.15 Å². The highest BCUT2D eigenvalue weighted by Gasteiger charge is 2.31. The van der Waals surface area contributed by atoms with Crippen molar-refractivity contribution in [2.75, 3.05) is 20.3 Å². The molecular formula is C24H23N5O4S. The molecule has 1 atom stereocenters. The van der Waals surface area contributed by atoms with Crippen molar-refractivity contribution in [1.29, 1.82) is 0 Å². The van der Waals surface area contributed by atoms with E-state index in [1.807, 2.05) is 31.3 Å². The van der Waals surface area contributed by atoms with Gasteiger partial charge in [-0.15, -0.1) is 10.2 Å². The maximum Gasteiger partial charge on any atom is 0.268 e. The Hall–Kier alpha value is -3.47. The van der Waals surface area contributed by atoms with Crippen molar-refractivity contribution >= 4 is 9.84 Å². The average molecular weight is 478 g/mol. The summed E-state index contributed by atoms with van der Waals surface area (Å²) in [5, 5.41) is 10.9. The predicted molar refractivity (Wildman–Crippen MR) is 125 cm³/mol. The van der Waals surface area contributed by atoms with Gasteiger partial charge in [-0.3, -0.25) is 4.98 Å². The number of aromatic nitrogens is 4. The van der Waals surface area contributed by atoms with Crippen LogP contribution in [0.3, 0.4) is 0 Å². The number of benzene rings is 2. The minimum absolute atomic E-state index is 0.240. The Balaban J connectivity index is 1.37. The van der Waals surface area contributed by atoms with Crippen LogP contribution in [0.4, 0.5) is 0 Å². The molecule has 9 nitrogen and oxygen atoms in total. The highest BCUT2D eigenvalue weighted by atomic mass is 32.2. The van der Waals surface area contributed by atoms with Gasteiger partial charge < -0.3 is 14.5 Å². The summed E-state index contributed by atoms with van der Waals surface area (Å²) in [6, 6.07) is 14.5. The van der Waals surface area contributed by atoms with Crippen molar-refractivity contribution < 1.29 is 17.6 Å². The molecule has 3 heterocycles. The van der Waals surface area contributed by atoms with Crippen LogP contribution in [0.25, 0.3) is 34.3 Å². The van der Waals surface area contributed by atoms with Gasteiger partial charge in [-0.05, 0) is 43.3 Å². The topological polar surface area (TPSA) is 120 Å². The highest BCUT2D eigenvalue weighted by molar-refractivity contribution is 7.92. The molecule has 0 radical (unpaired) electrons. The first-order chi connectivity index (χ1) is 16.5. The molecular weight excluding hydrogens is 454 g/mol. The number of nitrogens with zero attached hydrogens (tertiary/aromatic N) is 4. The van der Waals surface area contributed by atoms with Crippen LogP contribution in [0.1, 0.15) is 12.0 Å². The lowest BCUT2D eigenvalue weighted by Gasteiger charge is -2.10. The van der Waals surface area contributed by atoms with Gasteiger partial charge in [0.1, 0.15) is 5.69 Å². The summed E-state index contributed by atoms with van der Waals surface area (Å²) < 4.78 is 36.6. The van der Waals surface area contributed by atoms with Crippen LogP contribution in [-0.4, -0.2) is 54.1 Å². The number of sulfone groups is 1. The first-order valence-corrected chi connectivity index (χ1v) is 12.4. The van der Waals surface area contributed by atoms with Gasteiger partial charge in [0.05, 0.1) is 34.8 Å². The summed E-state index contributed by atoms with van der Waals surface area (Å²) in [4.78, 5) is 9.12. The largest absolute Gasteiger partial charge is 0.415 e. The Morgan fingerprint density at radius 2 is 1.65 bits per heavy atom. The minimum Gasteiger partial charge on any atom is -0.415 e. The minimum atomic E-state index is -3.42. The first-order valence-electron chi connectivity index (χ1n) is 10.9. The molecule has 1 aliphatic rings. The van der Waals surface area contributed by atoms with Crippen LogP contribution in [0, 0.1) is 0 Å². The smallest absolute Gasteiger partial charge is 0.268 e. The zero-order valence-corrected chi connectivity index (χ0v) is 19.3. The van der Waals surface area contributed by atoms with Gasteiger partial charge >= 0.3 is 0 Å². The van der Waals surface area contributed by atoms with Gasteiger partial charge in [-0.2, -0.15) is 0 Å². The molecule has 1 fully saturated rings. The van der Waals surface area contributed by atoms with Crippen LogP contribution in [-0.2, 0) is 21.1 Å². The van der Waals surface area contributed by atoms with Crippen LogP contribution in [0.15, 0.2) is 70.2 Å². The lowest BCUT2D eigenvalue weighted by atomic mass is 10.1. The van der Waals surface area contributed by atoms with Crippen molar-refractivity contribution in [2.45, 2.75) is 23.1 Å². The molecule has 0 aliphatic carbocycles. The van der Waals surface area contributed by atoms with Gasteiger partial charge in [0.25, 0.3) is 5.89 Å². The van der Waals surface area contributed by atoms with E-state index in [0.29, 0.717) is 30.3 Å². The molecule has 4 aromatic rings. The molecule has 2 aromatic carbocycles. The number of nitrogens with one attached hydrogen (secondary N) is 1. The zero-order chi connectivity index (χ0) is 23.5. The van der Waals surface area contributed by atoms with E-state index in [1.54, 1.807) is 36.7 Å². The van der Waals surface area contributed by atoms with E-state index in [0.717, 1.165) is 23.2 Å². The van der Waals surface area contributed by atoms with E-state index in [1.165, 1.54) is 0 Å². The Bertz CT molecular complexity index is 1380. The summed E-state index contributed by atoms with van der Waals surface area (Å²) >= 11 is 0. The normalized spacial score (nSPS) is 16.1. The van der Waals surface area contributed by atoms with Crippen molar-refractivity contribution in [1.82, 2.24) is 25.5 Å². The molecule has 0 spiro atoms. The quantitative estimate of drug-likeness (QED) is 0.428. The van der Waals surface area contributed by atoms with Crippen molar-refractivity contribution in [3.05, 3.63) is 66.5 Å². The van der Waals surface area contributed by atoms with Gasteiger partial charge in [0.15, 0.2) is 9.84 Å². The second-order valence-corrected chi connectivity index (χ2v) is 10.2. The fourth-order valence-corrected chi connectivity index (χ4v) is 5.37. The van der Waals surface area contributed by atoms with Crippen molar-refractivity contribution in [2.24, 2.45) is 0 Å². The fraction of sp³-hybridized carbons (Fsp3) is 0.250. The molecule has 5 rings (SSSR count). The molecule has 174 valence electrons. The summed E-state index contributed by atoms with van der Waals surface area (Å²) in [7, 11) is -1.52. The van der Waals surface area contributed by atoms with Crippen LogP contribution >= 0.6 is 0 Å². The number of hydrogen-bond donors (Lipinski definition) is 1. The van der Waals surface area contributed by atoms with E-state index in [2.05, 4.69) is 25.5 Å². The third-order valence-electron chi connectivity index (χ3n) is 5.67. The Morgan fingerprint density at radius 1 is 0.941 bits per heavy atom. The Labute approximate surface area is 197 Å². The van der Waals surface area contributed by atoms with E-state index >= 15 is 0 Å². The monoisotopic (exact) mass is 477 g/mol.